The lowest BCUT2D eigenvalue weighted by atomic mass is 9.93. The van der Waals surface area contributed by atoms with Crippen molar-refractivity contribution in [2.75, 3.05) is 4.90 Å². The van der Waals surface area contributed by atoms with Crippen molar-refractivity contribution in [3.63, 3.8) is 0 Å². The largest absolute Gasteiger partial charge is 0.311 e. The second-order valence-electron chi connectivity index (χ2n) is 16.7. The molecule has 0 saturated heterocycles. The highest BCUT2D eigenvalue weighted by atomic mass is 15.1. The highest BCUT2D eigenvalue weighted by Crippen LogP contribution is 2.40. The number of aromatic nitrogens is 1. The summed E-state index contributed by atoms with van der Waals surface area (Å²) < 4.78 is 2.37. The molecule has 0 aliphatic rings. The van der Waals surface area contributed by atoms with Gasteiger partial charge in [0.15, 0.2) is 0 Å². The molecule has 0 amide bonds. The Hall–Kier alpha value is -8.20. The molecule has 0 spiro atoms. The van der Waals surface area contributed by atoms with Gasteiger partial charge >= 0.3 is 0 Å². The van der Waals surface area contributed by atoms with Crippen LogP contribution in [-0.2, 0) is 0 Å². The molecule has 0 fully saturated rings. The number of hydrogen-bond donors (Lipinski definition) is 0. The summed E-state index contributed by atoms with van der Waals surface area (Å²) in [4.78, 5) is 2.35. The zero-order valence-corrected chi connectivity index (χ0v) is 36.0. The monoisotopic (exact) mass is 818 g/mol. The number of hydrogen-bond acceptors (Lipinski definition) is 1. The summed E-state index contributed by atoms with van der Waals surface area (Å²) in [6.07, 6.45) is 0. The van der Waals surface area contributed by atoms with Crippen LogP contribution in [0.5, 0.6) is 0 Å². The minimum absolute atomic E-state index is 1.10. The maximum absolute atomic E-state index is 2.37. The number of fused-ring (bicyclic) bond motifs is 3. The number of nitrogens with zero attached hydrogens (tertiary/aromatic N) is 2. The minimum atomic E-state index is 1.10. The zero-order valence-electron chi connectivity index (χ0n) is 36.0. The molecule has 2 heteroatoms. The molecular weight excluding hydrogens is 773 g/mol. The fourth-order valence-corrected chi connectivity index (χ4v) is 9.37. The first-order valence-electron chi connectivity index (χ1n) is 22.1. The van der Waals surface area contributed by atoms with Crippen LogP contribution in [-0.4, -0.2) is 4.57 Å². The van der Waals surface area contributed by atoms with Gasteiger partial charge in [-0.3, -0.25) is 0 Å². The number of aryl methyl sites for hydroxylation is 2. The van der Waals surface area contributed by atoms with E-state index in [1.54, 1.807) is 0 Å². The van der Waals surface area contributed by atoms with Crippen molar-refractivity contribution in [3.05, 3.63) is 254 Å². The molecule has 0 unspecified atom stereocenters. The molecule has 10 aromatic carbocycles. The molecule has 0 saturated carbocycles. The molecule has 0 atom stereocenters. The Labute approximate surface area is 375 Å². The molecule has 0 N–H and O–H groups in total. The summed E-state index contributed by atoms with van der Waals surface area (Å²) in [7, 11) is 0. The van der Waals surface area contributed by atoms with Crippen LogP contribution in [0.4, 0.5) is 17.1 Å². The maximum atomic E-state index is 2.37. The van der Waals surface area contributed by atoms with Gasteiger partial charge in [0.1, 0.15) is 0 Å². The Balaban J connectivity index is 0.894. The van der Waals surface area contributed by atoms with E-state index in [2.05, 4.69) is 266 Å². The van der Waals surface area contributed by atoms with Gasteiger partial charge in [-0.05, 0) is 147 Å². The van der Waals surface area contributed by atoms with Gasteiger partial charge in [0, 0.05) is 33.5 Å². The molecular formula is C62H46N2. The van der Waals surface area contributed by atoms with Crippen molar-refractivity contribution in [2.24, 2.45) is 0 Å². The molecule has 0 bridgehead atoms. The summed E-state index contributed by atoms with van der Waals surface area (Å²) in [5, 5.41) is 2.52. The normalized spacial score (nSPS) is 11.3. The van der Waals surface area contributed by atoms with Gasteiger partial charge in [0.05, 0.1) is 11.0 Å². The molecule has 0 aliphatic heterocycles. The average molecular weight is 819 g/mol. The van der Waals surface area contributed by atoms with Crippen molar-refractivity contribution < 1.29 is 0 Å². The summed E-state index contributed by atoms with van der Waals surface area (Å²) in [5.41, 5.74) is 21.6. The van der Waals surface area contributed by atoms with Crippen molar-refractivity contribution in [2.45, 2.75) is 13.8 Å². The van der Waals surface area contributed by atoms with Gasteiger partial charge in [-0.15, -0.1) is 0 Å². The van der Waals surface area contributed by atoms with Crippen molar-refractivity contribution in [1.82, 2.24) is 4.57 Å². The van der Waals surface area contributed by atoms with E-state index in [1.807, 2.05) is 0 Å². The van der Waals surface area contributed by atoms with Crippen LogP contribution in [0.3, 0.4) is 0 Å². The fraction of sp³-hybridized carbons (Fsp3) is 0.0323. The van der Waals surface area contributed by atoms with E-state index in [1.165, 1.54) is 94.3 Å². The summed E-state index contributed by atoms with van der Waals surface area (Å²) >= 11 is 0. The first-order chi connectivity index (χ1) is 31.6. The van der Waals surface area contributed by atoms with Crippen molar-refractivity contribution in [3.8, 4) is 61.3 Å². The van der Waals surface area contributed by atoms with E-state index in [0.717, 1.165) is 17.1 Å². The molecule has 64 heavy (non-hydrogen) atoms. The lowest BCUT2D eigenvalue weighted by Crippen LogP contribution is -2.09. The molecule has 0 radical (unpaired) electrons. The Morgan fingerprint density at radius 1 is 0.281 bits per heavy atom. The van der Waals surface area contributed by atoms with E-state index in [9.17, 15) is 0 Å². The standard InChI is InChI=1S/C62H46N2/c1-43-13-9-10-18-57(43)58-39-31-51(41-44(58)2)50-29-37-56(38-30-50)63(54-33-25-47(26-34-54)45-14-5-3-6-15-45)55-35-27-48(28-36-55)46-21-23-49(24-22-46)52-32-40-62-60(42-52)59-19-11-12-20-61(59)64(62)53-16-7-4-8-17-53/h3-42H,1-2H3. The van der Waals surface area contributed by atoms with Crippen LogP contribution in [0.1, 0.15) is 11.1 Å². The van der Waals surface area contributed by atoms with Gasteiger partial charge in [-0.25, -0.2) is 0 Å². The summed E-state index contributed by atoms with van der Waals surface area (Å²) in [6.45, 7) is 4.40. The van der Waals surface area contributed by atoms with Crippen LogP contribution in [0.25, 0.3) is 83.1 Å². The van der Waals surface area contributed by atoms with Crippen LogP contribution < -0.4 is 4.90 Å². The first kappa shape index (κ1) is 38.7. The van der Waals surface area contributed by atoms with E-state index in [-0.39, 0.29) is 0 Å². The van der Waals surface area contributed by atoms with Gasteiger partial charge < -0.3 is 9.47 Å². The average Bonchev–Trinajstić information content (AvgIpc) is 3.69. The lowest BCUT2D eigenvalue weighted by Gasteiger charge is -2.26. The Morgan fingerprint density at radius 2 is 0.688 bits per heavy atom. The van der Waals surface area contributed by atoms with Crippen molar-refractivity contribution in [1.29, 1.82) is 0 Å². The van der Waals surface area contributed by atoms with Gasteiger partial charge in [-0.2, -0.15) is 0 Å². The third kappa shape index (κ3) is 7.25. The van der Waals surface area contributed by atoms with E-state index >= 15 is 0 Å². The number of para-hydroxylation sites is 2. The number of rotatable bonds is 9. The second kappa shape index (κ2) is 16.6. The molecule has 1 aromatic heterocycles. The number of anilines is 3. The molecule has 0 aliphatic carbocycles. The molecule has 2 nitrogen and oxygen atoms in total. The predicted octanol–water partition coefficient (Wildman–Crippen LogP) is 17.2. The van der Waals surface area contributed by atoms with E-state index in [4.69, 9.17) is 0 Å². The highest BCUT2D eigenvalue weighted by Gasteiger charge is 2.16. The second-order valence-corrected chi connectivity index (χ2v) is 16.7. The molecule has 11 aromatic rings. The van der Waals surface area contributed by atoms with Crippen LogP contribution in [0.15, 0.2) is 243 Å². The molecule has 11 rings (SSSR count). The molecule has 1 heterocycles. The molecule has 304 valence electrons. The Kier molecular flexibility index (Phi) is 10.0. The maximum Gasteiger partial charge on any atom is 0.0541 e. The Morgan fingerprint density at radius 3 is 1.27 bits per heavy atom. The Bertz CT molecular complexity index is 3400. The highest BCUT2D eigenvalue weighted by molar-refractivity contribution is 6.10. The van der Waals surface area contributed by atoms with Gasteiger partial charge in [-0.1, -0.05) is 176 Å². The van der Waals surface area contributed by atoms with Crippen molar-refractivity contribution >= 4 is 38.9 Å². The quantitative estimate of drug-likeness (QED) is 0.141. The number of benzene rings is 10. The third-order valence-electron chi connectivity index (χ3n) is 12.7. The smallest absolute Gasteiger partial charge is 0.0541 e. The first-order valence-corrected chi connectivity index (χ1v) is 22.1. The topological polar surface area (TPSA) is 8.17 Å². The minimum Gasteiger partial charge on any atom is -0.311 e. The predicted molar refractivity (Wildman–Crippen MR) is 272 cm³/mol. The van der Waals surface area contributed by atoms with Crippen LogP contribution in [0, 0.1) is 13.8 Å². The van der Waals surface area contributed by atoms with Gasteiger partial charge in [0.25, 0.3) is 0 Å². The third-order valence-corrected chi connectivity index (χ3v) is 12.7. The zero-order chi connectivity index (χ0) is 43.0. The van der Waals surface area contributed by atoms with Gasteiger partial charge in [0.2, 0.25) is 0 Å². The van der Waals surface area contributed by atoms with Crippen LogP contribution >= 0.6 is 0 Å². The summed E-state index contributed by atoms with van der Waals surface area (Å²) in [6, 6.07) is 88.1. The lowest BCUT2D eigenvalue weighted by molar-refractivity contribution is 1.18. The SMILES string of the molecule is Cc1ccccc1-c1ccc(-c2ccc(N(c3ccc(-c4ccccc4)cc3)c3ccc(-c4ccc(-c5ccc6c(c5)c5ccccc5n6-c5ccccc5)cc4)cc3)cc2)cc1C. The van der Waals surface area contributed by atoms with E-state index in [0.29, 0.717) is 0 Å². The summed E-state index contributed by atoms with van der Waals surface area (Å²) in [5.74, 6) is 0. The van der Waals surface area contributed by atoms with Crippen LogP contribution in [0.2, 0.25) is 0 Å². The van der Waals surface area contributed by atoms with E-state index < -0.39 is 0 Å². The fourth-order valence-electron chi connectivity index (χ4n) is 9.37.